The van der Waals surface area contributed by atoms with Crippen molar-refractivity contribution >= 4 is 17.2 Å². The van der Waals surface area contributed by atoms with Crippen molar-refractivity contribution in [3.8, 4) is 0 Å². The molecule has 4 nitrogen and oxygen atoms in total. The van der Waals surface area contributed by atoms with E-state index in [1.807, 2.05) is 37.1 Å². The van der Waals surface area contributed by atoms with Crippen LogP contribution in [-0.4, -0.2) is 27.0 Å². The van der Waals surface area contributed by atoms with E-state index in [0.29, 0.717) is 12.1 Å². The molecule has 2 rings (SSSR count). The monoisotopic (exact) mass is 263 g/mol. The summed E-state index contributed by atoms with van der Waals surface area (Å²) in [6, 6.07) is 4.22. The summed E-state index contributed by atoms with van der Waals surface area (Å²) in [5.74, 6) is 0.0321. The molecule has 0 radical (unpaired) electrons. The molecule has 0 spiro atoms. The highest BCUT2D eigenvalue weighted by molar-refractivity contribution is 7.09. The van der Waals surface area contributed by atoms with Crippen LogP contribution in [0.3, 0.4) is 0 Å². The van der Waals surface area contributed by atoms with Gasteiger partial charge in [0.05, 0.1) is 18.3 Å². The van der Waals surface area contributed by atoms with Crippen LogP contribution in [0.1, 0.15) is 34.8 Å². The number of nitrogens with one attached hydrogen (secondary N) is 1. The Morgan fingerprint density at radius 3 is 2.83 bits per heavy atom. The van der Waals surface area contributed by atoms with Crippen molar-refractivity contribution in [1.82, 2.24) is 15.1 Å². The number of amides is 1. The topological polar surface area (TPSA) is 49.0 Å². The summed E-state index contributed by atoms with van der Waals surface area (Å²) in [4.78, 5) is 15.5. The van der Waals surface area contributed by atoms with Crippen LogP contribution in [0.4, 0.5) is 0 Å². The summed E-state index contributed by atoms with van der Waals surface area (Å²) >= 11 is 1.67. The van der Waals surface area contributed by atoms with Gasteiger partial charge in [0.15, 0.2) is 0 Å². The van der Waals surface area contributed by atoms with Gasteiger partial charge < -0.3 is 4.90 Å². The summed E-state index contributed by atoms with van der Waals surface area (Å²) in [6.45, 7) is 6.57. The predicted octanol–water partition coefficient (Wildman–Crippen LogP) is 2.83. The largest absolute Gasteiger partial charge is 0.331 e. The molecule has 1 amide bonds. The van der Waals surface area contributed by atoms with Gasteiger partial charge in [-0.3, -0.25) is 9.89 Å². The van der Waals surface area contributed by atoms with Crippen molar-refractivity contribution in [3.63, 3.8) is 0 Å². The summed E-state index contributed by atoms with van der Waals surface area (Å²) in [5.41, 5.74) is 1.47. The molecule has 0 unspecified atom stereocenters. The summed E-state index contributed by atoms with van der Waals surface area (Å²) in [7, 11) is 0. The minimum atomic E-state index is 0.0321. The molecule has 0 aliphatic rings. The standard InChI is InChI=1S/C13H17N3OS/c1-9(2)16(8-11-5-4-6-18-11)13(17)12-7-14-15-10(12)3/h4-7,9H,8H2,1-3H3,(H,14,15). The van der Waals surface area contributed by atoms with E-state index in [-0.39, 0.29) is 11.9 Å². The third kappa shape index (κ3) is 2.61. The number of hydrogen-bond acceptors (Lipinski definition) is 3. The molecule has 0 saturated heterocycles. The third-order valence-electron chi connectivity index (χ3n) is 2.85. The molecular formula is C13H17N3OS. The fourth-order valence-corrected chi connectivity index (χ4v) is 2.48. The van der Waals surface area contributed by atoms with Gasteiger partial charge in [-0.1, -0.05) is 6.07 Å². The Balaban J connectivity index is 2.20. The molecule has 1 N–H and O–H groups in total. The molecule has 0 aromatic carbocycles. The minimum absolute atomic E-state index is 0.0321. The molecule has 2 aromatic rings. The number of H-pyrrole nitrogens is 1. The Morgan fingerprint density at radius 1 is 1.56 bits per heavy atom. The number of rotatable bonds is 4. The van der Waals surface area contributed by atoms with Crippen molar-refractivity contribution in [2.45, 2.75) is 33.4 Å². The van der Waals surface area contributed by atoms with Crippen LogP contribution in [-0.2, 0) is 6.54 Å². The van der Waals surface area contributed by atoms with Gasteiger partial charge in [-0.05, 0) is 32.2 Å². The number of hydrogen-bond donors (Lipinski definition) is 1. The molecular weight excluding hydrogens is 246 g/mol. The average Bonchev–Trinajstić information content (AvgIpc) is 2.95. The molecule has 0 fully saturated rings. The van der Waals surface area contributed by atoms with Gasteiger partial charge in [0.2, 0.25) is 0 Å². The van der Waals surface area contributed by atoms with Gasteiger partial charge in [0.1, 0.15) is 0 Å². The average molecular weight is 263 g/mol. The molecule has 0 saturated carbocycles. The lowest BCUT2D eigenvalue weighted by molar-refractivity contribution is 0.0692. The van der Waals surface area contributed by atoms with Crippen molar-refractivity contribution in [2.24, 2.45) is 0 Å². The summed E-state index contributed by atoms with van der Waals surface area (Å²) in [5, 5.41) is 8.75. The Kier molecular flexibility index (Phi) is 3.81. The quantitative estimate of drug-likeness (QED) is 0.922. The van der Waals surface area contributed by atoms with E-state index in [2.05, 4.69) is 16.3 Å². The molecule has 18 heavy (non-hydrogen) atoms. The second-order valence-electron chi connectivity index (χ2n) is 4.51. The first-order chi connectivity index (χ1) is 8.59. The molecule has 0 bridgehead atoms. The number of nitrogens with zero attached hydrogens (tertiary/aromatic N) is 2. The molecule has 2 heterocycles. The van der Waals surface area contributed by atoms with Crippen LogP contribution in [0.5, 0.6) is 0 Å². The van der Waals surface area contributed by atoms with Crippen molar-refractivity contribution in [1.29, 1.82) is 0 Å². The normalized spacial score (nSPS) is 10.9. The van der Waals surface area contributed by atoms with E-state index in [9.17, 15) is 4.79 Å². The van der Waals surface area contributed by atoms with Crippen LogP contribution >= 0.6 is 11.3 Å². The van der Waals surface area contributed by atoms with Gasteiger partial charge >= 0.3 is 0 Å². The number of aromatic amines is 1. The maximum absolute atomic E-state index is 12.5. The highest BCUT2D eigenvalue weighted by atomic mass is 32.1. The van der Waals surface area contributed by atoms with E-state index in [4.69, 9.17) is 0 Å². The zero-order chi connectivity index (χ0) is 13.1. The first kappa shape index (κ1) is 12.8. The zero-order valence-electron chi connectivity index (χ0n) is 10.8. The molecule has 0 atom stereocenters. The van der Waals surface area contributed by atoms with Gasteiger partial charge in [0, 0.05) is 16.6 Å². The van der Waals surface area contributed by atoms with Gasteiger partial charge in [-0.2, -0.15) is 5.10 Å². The number of carbonyl (C=O) groups excluding carboxylic acids is 1. The Morgan fingerprint density at radius 2 is 2.33 bits per heavy atom. The predicted molar refractivity (Wildman–Crippen MR) is 72.7 cm³/mol. The third-order valence-corrected chi connectivity index (χ3v) is 3.71. The lowest BCUT2D eigenvalue weighted by Crippen LogP contribution is -2.36. The highest BCUT2D eigenvalue weighted by Gasteiger charge is 2.21. The van der Waals surface area contributed by atoms with Crippen LogP contribution in [0.2, 0.25) is 0 Å². The van der Waals surface area contributed by atoms with Crippen LogP contribution in [0, 0.1) is 6.92 Å². The molecule has 0 aliphatic carbocycles. The van der Waals surface area contributed by atoms with E-state index in [1.54, 1.807) is 17.5 Å². The van der Waals surface area contributed by atoms with Crippen molar-refractivity contribution in [2.75, 3.05) is 0 Å². The maximum atomic E-state index is 12.5. The number of aryl methyl sites for hydroxylation is 1. The van der Waals surface area contributed by atoms with Gasteiger partial charge in [-0.15, -0.1) is 11.3 Å². The lowest BCUT2D eigenvalue weighted by atomic mass is 10.2. The first-order valence-corrected chi connectivity index (χ1v) is 6.81. The van der Waals surface area contributed by atoms with E-state index in [0.717, 1.165) is 5.69 Å². The Bertz CT molecular complexity index is 516. The maximum Gasteiger partial charge on any atom is 0.257 e. The second-order valence-corrected chi connectivity index (χ2v) is 5.55. The van der Waals surface area contributed by atoms with E-state index in [1.165, 1.54) is 4.88 Å². The fourth-order valence-electron chi connectivity index (χ4n) is 1.78. The molecule has 2 aromatic heterocycles. The number of aromatic nitrogens is 2. The van der Waals surface area contributed by atoms with Crippen LogP contribution < -0.4 is 0 Å². The summed E-state index contributed by atoms with van der Waals surface area (Å²) < 4.78 is 0. The fraction of sp³-hybridized carbons (Fsp3) is 0.385. The minimum Gasteiger partial charge on any atom is -0.331 e. The van der Waals surface area contributed by atoms with Gasteiger partial charge in [0.25, 0.3) is 5.91 Å². The van der Waals surface area contributed by atoms with Crippen molar-refractivity contribution < 1.29 is 4.79 Å². The molecule has 0 aliphatic heterocycles. The van der Waals surface area contributed by atoms with Crippen molar-refractivity contribution in [3.05, 3.63) is 39.8 Å². The molecule has 96 valence electrons. The Hall–Kier alpha value is -1.62. The molecule has 5 heteroatoms. The summed E-state index contributed by atoms with van der Waals surface area (Å²) in [6.07, 6.45) is 1.60. The first-order valence-electron chi connectivity index (χ1n) is 5.93. The number of carbonyl (C=O) groups is 1. The van der Waals surface area contributed by atoms with Crippen LogP contribution in [0.25, 0.3) is 0 Å². The Labute approximate surface area is 111 Å². The lowest BCUT2D eigenvalue weighted by Gasteiger charge is -2.26. The van der Waals surface area contributed by atoms with Gasteiger partial charge in [-0.25, -0.2) is 0 Å². The van der Waals surface area contributed by atoms with E-state index >= 15 is 0 Å². The number of thiophene rings is 1. The zero-order valence-corrected chi connectivity index (χ0v) is 11.6. The SMILES string of the molecule is Cc1[nH]ncc1C(=O)N(Cc1cccs1)C(C)C. The smallest absolute Gasteiger partial charge is 0.257 e. The second kappa shape index (κ2) is 5.35. The van der Waals surface area contributed by atoms with Crippen LogP contribution in [0.15, 0.2) is 23.7 Å². The van der Waals surface area contributed by atoms with E-state index < -0.39 is 0 Å². The highest BCUT2D eigenvalue weighted by Crippen LogP contribution is 2.17.